The topological polar surface area (TPSA) is 24.9 Å². The normalized spacial score (nSPS) is 10.2. The summed E-state index contributed by atoms with van der Waals surface area (Å²) in [6.45, 7) is 2.01. The lowest BCUT2D eigenvalue weighted by atomic mass is 10.3. The molecule has 0 atom stereocenters. The molecule has 2 aromatic rings. The Bertz CT molecular complexity index is 512. The lowest BCUT2D eigenvalue weighted by Gasteiger charge is -2.08. The van der Waals surface area contributed by atoms with E-state index in [9.17, 15) is 0 Å². The maximum atomic E-state index is 4.33. The Balaban J connectivity index is 2.27. The second kappa shape index (κ2) is 4.97. The molecule has 0 saturated carbocycles. The molecule has 0 fully saturated rings. The largest absolute Gasteiger partial charge is 0.339 e. The standard InChI is InChI=1S/C12H10Br2N2/c1-8-5-11(14)12(15-7-8)16-10-4-2-3-9(13)6-10/h2-7H,1H3,(H,15,16). The molecule has 0 unspecified atom stereocenters. The van der Waals surface area contributed by atoms with Crippen molar-refractivity contribution < 1.29 is 0 Å². The van der Waals surface area contributed by atoms with Crippen LogP contribution in [-0.4, -0.2) is 4.98 Å². The number of hydrogen-bond donors (Lipinski definition) is 1. The molecular formula is C12H10Br2N2. The zero-order valence-electron chi connectivity index (χ0n) is 8.67. The third-order valence-corrected chi connectivity index (χ3v) is 3.16. The molecule has 1 aromatic heterocycles. The third kappa shape index (κ3) is 2.83. The lowest BCUT2D eigenvalue weighted by molar-refractivity contribution is 1.24. The first-order chi connectivity index (χ1) is 7.65. The van der Waals surface area contributed by atoms with Crippen LogP contribution in [0.5, 0.6) is 0 Å². The Labute approximate surface area is 111 Å². The van der Waals surface area contributed by atoms with E-state index in [2.05, 4.69) is 42.2 Å². The zero-order valence-corrected chi connectivity index (χ0v) is 11.8. The molecule has 0 aliphatic heterocycles. The average Bonchev–Trinajstić information content (AvgIpc) is 2.22. The fourth-order valence-corrected chi connectivity index (χ4v) is 2.29. The van der Waals surface area contributed by atoms with Crippen molar-refractivity contribution in [2.75, 3.05) is 5.32 Å². The van der Waals surface area contributed by atoms with Crippen LogP contribution in [0, 0.1) is 6.92 Å². The molecule has 0 amide bonds. The van der Waals surface area contributed by atoms with Crippen LogP contribution in [0.2, 0.25) is 0 Å². The van der Waals surface area contributed by atoms with Crippen molar-refractivity contribution >= 4 is 43.4 Å². The van der Waals surface area contributed by atoms with Gasteiger partial charge in [-0.2, -0.15) is 0 Å². The number of aromatic nitrogens is 1. The Morgan fingerprint density at radius 1 is 1.19 bits per heavy atom. The van der Waals surface area contributed by atoms with Gasteiger partial charge in [0.1, 0.15) is 5.82 Å². The number of rotatable bonds is 2. The van der Waals surface area contributed by atoms with E-state index >= 15 is 0 Å². The molecular weight excluding hydrogens is 332 g/mol. The number of pyridine rings is 1. The average molecular weight is 342 g/mol. The number of nitrogens with zero attached hydrogens (tertiary/aromatic N) is 1. The SMILES string of the molecule is Cc1cnc(Nc2cccc(Br)c2)c(Br)c1. The molecule has 0 saturated heterocycles. The lowest BCUT2D eigenvalue weighted by Crippen LogP contribution is -1.94. The number of anilines is 2. The quantitative estimate of drug-likeness (QED) is 0.859. The molecule has 0 aliphatic rings. The van der Waals surface area contributed by atoms with E-state index in [1.807, 2.05) is 43.5 Å². The van der Waals surface area contributed by atoms with Gasteiger partial charge < -0.3 is 5.32 Å². The fourth-order valence-electron chi connectivity index (χ4n) is 1.33. The first kappa shape index (κ1) is 11.6. The van der Waals surface area contributed by atoms with Crippen LogP contribution in [0.1, 0.15) is 5.56 Å². The minimum atomic E-state index is 0.823. The molecule has 1 heterocycles. The predicted octanol–water partition coefficient (Wildman–Crippen LogP) is 4.66. The van der Waals surface area contributed by atoms with Gasteiger partial charge in [0.25, 0.3) is 0 Å². The van der Waals surface area contributed by atoms with E-state index in [4.69, 9.17) is 0 Å². The van der Waals surface area contributed by atoms with Gasteiger partial charge in [-0.05, 0) is 52.7 Å². The monoisotopic (exact) mass is 340 g/mol. The molecule has 2 nitrogen and oxygen atoms in total. The van der Waals surface area contributed by atoms with Crippen molar-refractivity contribution in [3.63, 3.8) is 0 Å². The van der Waals surface area contributed by atoms with Crippen LogP contribution in [-0.2, 0) is 0 Å². The highest BCUT2D eigenvalue weighted by atomic mass is 79.9. The van der Waals surface area contributed by atoms with Gasteiger partial charge in [-0.3, -0.25) is 0 Å². The van der Waals surface area contributed by atoms with Crippen LogP contribution in [0.4, 0.5) is 11.5 Å². The van der Waals surface area contributed by atoms with Gasteiger partial charge >= 0.3 is 0 Å². The summed E-state index contributed by atoms with van der Waals surface area (Å²) in [5.41, 5.74) is 2.14. The Morgan fingerprint density at radius 2 is 2.00 bits per heavy atom. The highest BCUT2D eigenvalue weighted by Gasteiger charge is 2.02. The molecule has 82 valence electrons. The Morgan fingerprint density at radius 3 is 2.69 bits per heavy atom. The van der Waals surface area contributed by atoms with Crippen molar-refractivity contribution in [1.29, 1.82) is 0 Å². The second-order valence-corrected chi connectivity index (χ2v) is 5.25. The van der Waals surface area contributed by atoms with Crippen molar-refractivity contribution in [1.82, 2.24) is 4.98 Å². The highest BCUT2D eigenvalue weighted by Crippen LogP contribution is 2.25. The van der Waals surface area contributed by atoms with Crippen molar-refractivity contribution in [2.45, 2.75) is 6.92 Å². The van der Waals surface area contributed by atoms with Crippen LogP contribution in [0.25, 0.3) is 0 Å². The van der Waals surface area contributed by atoms with Gasteiger partial charge in [0.2, 0.25) is 0 Å². The highest BCUT2D eigenvalue weighted by molar-refractivity contribution is 9.10. The molecule has 0 radical (unpaired) electrons. The minimum Gasteiger partial charge on any atom is -0.339 e. The Kier molecular flexibility index (Phi) is 3.61. The maximum Gasteiger partial charge on any atom is 0.144 e. The summed E-state index contributed by atoms with van der Waals surface area (Å²) in [6.07, 6.45) is 1.84. The first-order valence-corrected chi connectivity index (χ1v) is 6.38. The molecule has 2 rings (SSSR count). The molecule has 1 aromatic carbocycles. The zero-order chi connectivity index (χ0) is 11.5. The molecule has 0 spiro atoms. The van der Waals surface area contributed by atoms with E-state index in [1.54, 1.807) is 0 Å². The van der Waals surface area contributed by atoms with Crippen molar-refractivity contribution in [3.05, 3.63) is 51.0 Å². The number of nitrogens with one attached hydrogen (secondary N) is 1. The van der Waals surface area contributed by atoms with Crippen molar-refractivity contribution in [3.8, 4) is 0 Å². The van der Waals surface area contributed by atoms with Crippen LogP contribution >= 0.6 is 31.9 Å². The summed E-state index contributed by atoms with van der Waals surface area (Å²) < 4.78 is 2.01. The second-order valence-electron chi connectivity index (χ2n) is 3.48. The number of benzene rings is 1. The van der Waals surface area contributed by atoms with Crippen LogP contribution < -0.4 is 5.32 Å². The molecule has 0 aliphatic carbocycles. The van der Waals surface area contributed by atoms with Gasteiger partial charge in [-0.25, -0.2) is 4.98 Å². The van der Waals surface area contributed by atoms with E-state index < -0.39 is 0 Å². The van der Waals surface area contributed by atoms with Crippen molar-refractivity contribution in [2.24, 2.45) is 0 Å². The van der Waals surface area contributed by atoms with Crippen LogP contribution in [0.15, 0.2) is 45.5 Å². The maximum absolute atomic E-state index is 4.33. The molecule has 16 heavy (non-hydrogen) atoms. The summed E-state index contributed by atoms with van der Waals surface area (Å²) in [5.74, 6) is 0.823. The summed E-state index contributed by atoms with van der Waals surface area (Å²) in [7, 11) is 0. The first-order valence-electron chi connectivity index (χ1n) is 4.80. The summed E-state index contributed by atoms with van der Waals surface area (Å²) in [5, 5.41) is 3.25. The fraction of sp³-hybridized carbons (Fsp3) is 0.0833. The summed E-state index contributed by atoms with van der Waals surface area (Å²) >= 11 is 6.92. The minimum absolute atomic E-state index is 0.823. The molecule has 0 bridgehead atoms. The van der Waals surface area contributed by atoms with E-state index in [0.29, 0.717) is 0 Å². The number of hydrogen-bond acceptors (Lipinski definition) is 2. The van der Waals surface area contributed by atoms with Gasteiger partial charge in [-0.1, -0.05) is 22.0 Å². The van der Waals surface area contributed by atoms with E-state index in [-0.39, 0.29) is 0 Å². The predicted molar refractivity (Wildman–Crippen MR) is 74.1 cm³/mol. The van der Waals surface area contributed by atoms with Gasteiger partial charge in [0.15, 0.2) is 0 Å². The Hall–Kier alpha value is -0.870. The third-order valence-electron chi connectivity index (χ3n) is 2.07. The number of aryl methyl sites for hydroxylation is 1. The molecule has 4 heteroatoms. The van der Waals surface area contributed by atoms with Gasteiger partial charge in [0, 0.05) is 16.4 Å². The van der Waals surface area contributed by atoms with Gasteiger partial charge in [0.05, 0.1) is 4.47 Å². The number of halogens is 2. The van der Waals surface area contributed by atoms with Crippen LogP contribution in [0.3, 0.4) is 0 Å². The van der Waals surface area contributed by atoms with E-state index in [0.717, 1.165) is 26.0 Å². The summed E-state index contributed by atoms with van der Waals surface area (Å²) in [6, 6.07) is 10.0. The van der Waals surface area contributed by atoms with Gasteiger partial charge in [-0.15, -0.1) is 0 Å². The molecule has 1 N–H and O–H groups in total. The smallest absolute Gasteiger partial charge is 0.144 e. The van der Waals surface area contributed by atoms with E-state index in [1.165, 1.54) is 0 Å². The summed E-state index contributed by atoms with van der Waals surface area (Å²) in [4.78, 5) is 4.33.